The van der Waals surface area contributed by atoms with E-state index in [2.05, 4.69) is 6.92 Å². The molecule has 0 N–H and O–H groups in total. The van der Waals surface area contributed by atoms with Crippen molar-refractivity contribution < 1.29 is 23.4 Å². The summed E-state index contributed by atoms with van der Waals surface area (Å²) in [7, 11) is 0. The first-order chi connectivity index (χ1) is 15.5. The SMILES string of the molecule is CCc1ccc(Oc2coc3cc(OC(=O)COc4ccc(Cl)cc4)ccc3c2=O)cc1. The minimum atomic E-state index is -0.600. The molecule has 3 aromatic carbocycles. The van der Waals surface area contributed by atoms with Crippen LogP contribution >= 0.6 is 11.6 Å². The monoisotopic (exact) mass is 450 g/mol. The van der Waals surface area contributed by atoms with Gasteiger partial charge >= 0.3 is 5.97 Å². The van der Waals surface area contributed by atoms with Crippen LogP contribution in [0.3, 0.4) is 0 Å². The molecule has 0 bridgehead atoms. The van der Waals surface area contributed by atoms with Crippen LogP contribution in [0.25, 0.3) is 11.0 Å². The molecule has 1 aromatic heterocycles. The first-order valence-electron chi connectivity index (χ1n) is 9.93. The average molecular weight is 451 g/mol. The number of benzene rings is 3. The Balaban J connectivity index is 1.44. The fraction of sp³-hybridized carbons (Fsp3) is 0.120. The van der Waals surface area contributed by atoms with Gasteiger partial charge in [-0.05, 0) is 60.5 Å². The van der Waals surface area contributed by atoms with E-state index in [9.17, 15) is 9.59 Å². The molecular weight excluding hydrogens is 432 g/mol. The Kier molecular flexibility index (Phi) is 6.42. The first-order valence-corrected chi connectivity index (χ1v) is 10.3. The van der Waals surface area contributed by atoms with Crippen LogP contribution in [-0.2, 0) is 11.2 Å². The number of fused-ring (bicyclic) bond motifs is 1. The molecule has 0 fully saturated rings. The zero-order valence-corrected chi connectivity index (χ0v) is 17.9. The lowest BCUT2D eigenvalue weighted by molar-refractivity contribution is -0.136. The topological polar surface area (TPSA) is 75.0 Å². The Morgan fingerprint density at radius 3 is 2.34 bits per heavy atom. The molecule has 0 aliphatic heterocycles. The normalized spacial score (nSPS) is 10.7. The number of esters is 1. The van der Waals surface area contributed by atoms with E-state index in [4.69, 9.17) is 30.2 Å². The summed E-state index contributed by atoms with van der Waals surface area (Å²) in [5.41, 5.74) is 1.12. The third-order valence-corrected chi connectivity index (χ3v) is 4.93. The average Bonchev–Trinajstić information content (AvgIpc) is 2.81. The Morgan fingerprint density at radius 2 is 1.62 bits per heavy atom. The molecule has 0 saturated heterocycles. The van der Waals surface area contributed by atoms with Gasteiger partial charge in [0.25, 0.3) is 0 Å². The van der Waals surface area contributed by atoms with Crippen LogP contribution in [0.2, 0.25) is 5.02 Å². The van der Waals surface area contributed by atoms with Crippen LogP contribution in [0.4, 0.5) is 0 Å². The lowest BCUT2D eigenvalue weighted by Gasteiger charge is -2.08. The first kappa shape index (κ1) is 21.5. The smallest absolute Gasteiger partial charge is 0.349 e. The van der Waals surface area contributed by atoms with Crippen molar-refractivity contribution in [3.8, 4) is 23.0 Å². The van der Waals surface area contributed by atoms with E-state index in [0.717, 1.165) is 6.42 Å². The number of halogens is 1. The second kappa shape index (κ2) is 9.58. The van der Waals surface area contributed by atoms with Crippen molar-refractivity contribution in [2.24, 2.45) is 0 Å². The van der Waals surface area contributed by atoms with Crippen molar-refractivity contribution >= 4 is 28.5 Å². The highest BCUT2D eigenvalue weighted by atomic mass is 35.5. The quantitative estimate of drug-likeness (QED) is 0.262. The van der Waals surface area contributed by atoms with Crippen molar-refractivity contribution in [1.29, 1.82) is 0 Å². The van der Waals surface area contributed by atoms with Gasteiger partial charge in [-0.2, -0.15) is 0 Å². The fourth-order valence-corrected chi connectivity index (χ4v) is 3.11. The third-order valence-electron chi connectivity index (χ3n) is 4.68. The van der Waals surface area contributed by atoms with Gasteiger partial charge < -0.3 is 18.6 Å². The largest absolute Gasteiger partial charge is 0.482 e. The lowest BCUT2D eigenvalue weighted by Crippen LogP contribution is -2.17. The summed E-state index contributed by atoms with van der Waals surface area (Å²) >= 11 is 5.82. The zero-order valence-electron chi connectivity index (χ0n) is 17.2. The molecule has 0 unspecified atom stereocenters. The summed E-state index contributed by atoms with van der Waals surface area (Å²) in [5, 5.41) is 0.880. The molecule has 7 heteroatoms. The van der Waals surface area contributed by atoms with Crippen molar-refractivity contribution in [2.45, 2.75) is 13.3 Å². The zero-order chi connectivity index (χ0) is 22.5. The van der Waals surface area contributed by atoms with Crippen molar-refractivity contribution in [1.82, 2.24) is 0 Å². The number of carbonyl (C=O) groups excluding carboxylic acids is 1. The summed E-state index contributed by atoms with van der Waals surface area (Å²) in [6.07, 6.45) is 2.16. The van der Waals surface area contributed by atoms with Gasteiger partial charge in [0.1, 0.15) is 29.1 Å². The van der Waals surface area contributed by atoms with Gasteiger partial charge in [-0.15, -0.1) is 0 Å². The molecule has 0 atom stereocenters. The highest BCUT2D eigenvalue weighted by Crippen LogP contribution is 2.24. The highest BCUT2D eigenvalue weighted by Gasteiger charge is 2.12. The van der Waals surface area contributed by atoms with E-state index in [-0.39, 0.29) is 29.1 Å². The molecule has 4 aromatic rings. The number of rotatable bonds is 7. The van der Waals surface area contributed by atoms with Gasteiger partial charge in [0.15, 0.2) is 6.61 Å². The van der Waals surface area contributed by atoms with Gasteiger partial charge in [-0.3, -0.25) is 4.79 Å². The predicted octanol–water partition coefficient (Wildman–Crippen LogP) is 5.79. The molecule has 6 nitrogen and oxygen atoms in total. The molecule has 0 radical (unpaired) electrons. The van der Waals surface area contributed by atoms with Crippen LogP contribution in [0.5, 0.6) is 23.0 Å². The molecule has 1 heterocycles. The maximum Gasteiger partial charge on any atom is 0.349 e. The number of hydrogen-bond donors (Lipinski definition) is 0. The summed E-state index contributed by atoms with van der Waals surface area (Å²) in [6, 6.07) is 18.6. The molecule has 0 aliphatic rings. The molecule has 0 amide bonds. The number of ether oxygens (including phenoxy) is 3. The molecule has 32 heavy (non-hydrogen) atoms. The second-order valence-corrected chi connectivity index (χ2v) is 7.34. The summed E-state index contributed by atoms with van der Waals surface area (Å²) < 4.78 is 21.9. The molecule has 162 valence electrons. The molecule has 0 spiro atoms. The van der Waals surface area contributed by atoms with Gasteiger partial charge in [0.05, 0.1) is 5.39 Å². The lowest BCUT2D eigenvalue weighted by atomic mass is 10.2. The molecule has 0 aliphatic carbocycles. The van der Waals surface area contributed by atoms with E-state index in [0.29, 0.717) is 21.9 Å². The number of hydrogen-bond acceptors (Lipinski definition) is 6. The molecule has 4 rings (SSSR count). The maximum atomic E-state index is 12.8. The van der Waals surface area contributed by atoms with Crippen molar-refractivity contribution in [3.05, 3.63) is 93.8 Å². The number of aryl methyl sites for hydroxylation is 1. The van der Waals surface area contributed by atoms with Crippen LogP contribution in [0, 0.1) is 0 Å². The maximum absolute atomic E-state index is 12.8. The van der Waals surface area contributed by atoms with Gasteiger partial charge in [-0.1, -0.05) is 30.7 Å². The Bertz CT molecular complexity index is 1290. The van der Waals surface area contributed by atoms with Crippen LogP contribution in [-0.4, -0.2) is 12.6 Å². The number of carbonyl (C=O) groups is 1. The molecule has 0 saturated carbocycles. The Hall–Kier alpha value is -3.77. The van der Waals surface area contributed by atoms with Gasteiger partial charge in [-0.25, -0.2) is 4.79 Å². The van der Waals surface area contributed by atoms with Crippen LogP contribution < -0.4 is 19.6 Å². The minimum absolute atomic E-state index is 0.0721. The summed E-state index contributed by atoms with van der Waals surface area (Å²) in [6.45, 7) is 1.78. The van der Waals surface area contributed by atoms with Gasteiger partial charge in [0, 0.05) is 11.1 Å². The van der Waals surface area contributed by atoms with E-state index < -0.39 is 5.97 Å². The third kappa shape index (κ3) is 5.10. The van der Waals surface area contributed by atoms with Crippen LogP contribution in [0.15, 0.2) is 82.2 Å². The van der Waals surface area contributed by atoms with Crippen LogP contribution in [0.1, 0.15) is 12.5 Å². The molecular formula is C25H19ClO6. The summed E-state index contributed by atoms with van der Waals surface area (Å²) in [4.78, 5) is 24.8. The van der Waals surface area contributed by atoms with E-state index in [1.165, 1.54) is 30.0 Å². The van der Waals surface area contributed by atoms with Gasteiger partial charge in [0.2, 0.25) is 11.2 Å². The van der Waals surface area contributed by atoms with Crippen molar-refractivity contribution in [2.75, 3.05) is 6.61 Å². The van der Waals surface area contributed by atoms with Crippen molar-refractivity contribution in [3.63, 3.8) is 0 Å². The van der Waals surface area contributed by atoms with E-state index in [1.807, 2.05) is 12.1 Å². The second-order valence-electron chi connectivity index (χ2n) is 6.90. The van der Waals surface area contributed by atoms with E-state index >= 15 is 0 Å². The Morgan fingerprint density at radius 1 is 0.938 bits per heavy atom. The highest BCUT2D eigenvalue weighted by molar-refractivity contribution is 6.30. The Labute approximate surface area is 188 Å². The minimum Gasteiger partial charge on any atom is -0.482 e. The standard InChI is InChI=1S/C25H19ClO6/c1-2-16-3-7-19(8-4-16)31-23-14-30-22-13-20(11-12-21(22)25(23)28)32-24(27)15-29-18-9-5-17(26)6-10-18/h3-14H,2,15H2,1H3. The summed E-state index contributed by atoms with van der Waals surface area (Å²) in [5.74, 6) is 0.738. The fourth-order valence-electron chi connectivity index (χ4n) is 2.98. The van der Waals surface area contributed by atoms with E-state index in [1.54, 1.807) is 36.4 Å². The predicted molar refractivity (Wildman–Crippen MR) is 121 cm³/mol.